The fourth-order valence-electron chi connectivity index (χ4n) is 0.833. The van der Waals surface area contributed by atoms with Crippen LogP contribution in [-0.2, 0) is 24.5 Å². The van der Waals surface area contributed by atoms with Gasteiger partial charge >= 0.3 is 88.7 Å². The van der Waals surface area contributed by atoms with Crippen molar-refractivity contribution in [1.29, 1.82) is 0 Å². The molecule has 0 saturated carbocycles. The SMILES string of the molecule is NCCS(=O)(=O)O.O=C([O-])CC(O)(CC(=O)[O-])C(=O)[O-].[Na+].[Na+].[Na+]. The van der Waals surface area contributed by atoms with Gasteiger partial charge in [0.25, 0.3) is 10.1 Å². The van der Waals surface area contributed by atoms with E-state index in [0.29, 0.717) is 0 Å². The van der Waals surface area contributed by atoms with Gasteiger partial charge in [0.2, 0.25) is 0 Å². The molecular formula is C8H12NNa3O10S. The molecule has 4 N–H and O–H groups in total. The average molecular weight is 383 g/mol. The Morgan fingerprint density at radius 3 is 1.35 bits per heavy atom. The molecule has 15 heteroatoms. The molecule has 0 aliphatic heterocycles. The monoisotopic (exact) mass is 383 g/mol. The van der Waals surface area contributed by atoms with E-state index >= 15 is 0 Å². The molecule has 0 aromatic rings. The van der Waals surface area contributed by atoms with Gasteiger partial charge in [-0.3, -0.25) is 4.55 Å². The van der Waals surface area contributed by atoms with Gasteiger partial charge in [-0.05, 0) is 0 Å². The van der Waals surface area contributed by atoms with E-state index in [1.54, 1.807) is 0 Å². The van der Waals surface area contributed by atoms with Gasteiger partial charge in [-0.25, -0.2) is 0 Å². The minimum atomic E-state index is -3.80. The van der Waals surface area contributed by atoms with E-state index in [2.05, 4.69) is 0 Å². The number of aliphatic hydroxyl groups is 1. The second-order valence-corrected chi connectivity index (χ2v) is 5.06. The third kappa shape index (κ3) is 23.2. The molecule has 11 nitrogen and oxygen atoms in total. The number of carboxylic acid groups (broad SMARTS) is 3. The number of carbonyl (C=O) groups excluding carboxylic acids is 3. The van der Waals surface area contributed by atoms with E-state index in [1.165, 1.54) is 0 Å². The molecule has 0 fully saturated rings. The summed E-state index contributed by atoms with van der Waals surface area (Å²) in [7, 11) is -3.80. The number of nitrogens with two attached hydrogens (primary N) is 1. The van der Waals surface area contributed by atoms with Gasteiger partial charge in [-0.2, -0.15) is 8.42 Å². The zero-order chi connectivity index (χ0) is 16.6. The van der Waals surface area contributed by atoms with Crippen molar-refractivity contribution in [2.45, 2.75) is 18.4 Å². The molecule has 0 saturated heterocycles. The smallest absolute Gasteiger partial charge is 0.550 e. The molecule has 0 heterocycles. The Bertz CT molecular complexity index is 453. The third-order valence-corrected chi connectivity index (χ3v) is 2.38. The molecule has 0 spiro atoms. The minimum absolute atomic E-state index is 0. The van der Waals surface area contributed by atoms with Crippen LogP contribution in [0.2, 0.25) is 0 Å². The summed E-state index contributed by atoms with van der Waals surface area (Å²) in [5.41, 5.74) is 1.80. The van der Waals surface area contributed by atoms with Crippen LogP contribution in [0, 0.1) is 0 Å². The standard InChI is InChI=1S/C6H8O7.C2H7NO3S.3Na/c7-3(8)1-6(13,5(11)12)2-4(9)10;3-1-2-7(4,5)6;;;/h13H,1-2H2,(H,7,8)(H,9,10)(H,11,12);1-3H2,(H,4,5,6);;;/q;;3*+1/p-3. The molecule has 0 amide bonds. The fourth-order valence-corrected chi connectivity index (χ4v) is 1.13. The van der Waals surface area contributed by atoms with Crippen molar-refractivity contribution in [1.82, 2.24) is 0 Å². The summed E-state index contributed by atoms with van der Waals surface area (Å²) in [5, 5.41) is 38.9. The van der Waals surface area contributed by atoms with Crippen molar-refractivity contribution in [3.05, 3.63) is 0 Å². The van der Waals surface area contributed by atoms with Crippen molar-refractivity contribution >= 4 is 28.0 Å². The van der Waals surface area contributed by atoms with E-state index < -0.39 is 46.5 Å². The second-order valence-electron chi connectivity index (χ2n) is 3.49. The van der Waals surface area contributed by atoms with E-state index in [9.17, 15) is 38.1 Å². The van der Waals surface area contributed by atoms with Crippen LogP contribution in [0.3, 0.4) is 0 Å². The predicted octanol–water partition coefficient (Wildman–Crippen LogP) is -15.4. The van der Waals surface area contributed by atoms with Gasteiger partial charge in [0, 0.05) is 31.3 Å². The number of rotatable bonds is 7. The maximum Gasteiger partial charge on any atom is 1.00 e. The van der Waals surface area contributed by atoms with Crippen LogP contribution in [0.5, 0.6) is 0 Å². The van der Waals surface area contributed by atoms with Gasteiger partial charge in [0.1, 0.15) is 5.60 Å². The molecule has 0 aromatic heterocycles. The first-order valence-corrected chi connectivity index (χ1v) is 6.43. The zero-order valence-electron chi connectivity index (χ0n) is 13.0. The Morgan fingerprint density at radius 2 is 1.26 bits per heavy atom. The Kier molecular flexibility index (Phi) is 25.7. The molecule has 118 valence electrons. The maximum absolute atomic E-state index is 10.1. The summed E-state index contributed by atoms with van der Waals surface area (Å²) in [6.45, 7) is -0.0289. The molecule has 0 bridgehead atoms. The first kappa shape index (κ1) is 35.4. The van der Waals surface area contributed by atoms with Gasteiger partial charge in [-0.15, -0.1) is 0 Å². The van der Waals surface area contributed by atoms with Crippen molar-refractivity contribution in [3.8, 4) is 0 Å². The minimum Gasteiger partial charge on any atom is -0.550 e. The summed E-state index contributed by atoms with van der Waals surface area (Å²) in [6, 6.07) is 0. The van der Waals surface area contributed by atoms with Crippen LogP contribution in [0.25, 0.3) is 0 Å². The van der Waals surface area contributed by atoms with Crippen molar-refractivity contribution in [2.75, 3.05) is 12.3 Å². The van der Waals surface area contributed by atoms with Gasteiger partial charge in [0.05, 0.1) is 11.7 Å². The van der Waals surface area contributed by atoms with E-state index in [1.807, 2.05) is 0 Å². The zero-order valence-corrected chi connectivity index (χ0v) is 19.8. The fraction of sp³-hybridized carbons (Fsp3) is 0.625. The third-order valence-electron chi connectivity index (χ3n) is 1.63. The quantitative estimate of drug-likeness (QED) is 0.276. The van der Waals surface area contributed by atoms with Gasteiger partial charge < -0.3 is 40.5 Å². The normalized spacial score (nSPS) is 9.70. The molecule has 0 rings (SSSR count). The summed E-state index contributed by atoms with van der Waals surface area (Å²) in [5.74, 6) is -6.34. The van der Waals surface area contributed by atoms with Crippen molar-refractivity contribution in [2.24, 2.45) is 5.73 Å². The Labute approximate surface area is 198 Å². The number of carbonyl (C=O) groups is 3. The summed E-state index contributed by atoms with van der Waals surface area (Å²) >= 11 is 0. The van der Waals surface area contributed by atoms with Crippen LogP contribution < -0.4 is 110 Å². The van der Waals surface area contributed by atoms with Crippen molar-refractivity contribution in [3.63, 3.8) is 0 Å². The summed E-state index contributed by atoms with van der Waals surface area (Å²) < 4.78 is 27.3. The Hall–Kier alpha value is 1.24. The molecule has 0 radical (unpaired) electrons. The number of aliphatic carboxylic acids is 3. The average Bonchev–Trinajstić information content (AvgIpc) is 2.12. The van der Waals surface area contributed by atoms with Crippen LogP contribution >= 0.6 is 0 Å². The molecule has 0 aliphatic carbocycles. The maximum atomic E-state index is 10.1. The molecule has 23 heavy (non-hydrogen) atoms. The molecule has 0 aliphatic rings. The Balaban J connectivity index is -0.0000000945. The molecular weight excluding hydrogens is 371 g/mol. The predicted molar refractivity (Wildman–Crippen MR) is 54.7 cm³/mol. The summed E-state index contributed by atoms with van der Waals surface area (Å²) in [6.07, 6.45) is -2.72. The first-order valence-electron chi connectivity index (χ1n) is 4.83. The van der Waals surface area contributed by atoms with E-state index in [0.717, 1.165) is 0 Å². The molecule has 0 atom stereocenters. The van der Waals surface area contributed by atoms with Gasteiger partial charge in [-0.1, -0.05) is 0 Å². The topological polar surface area (TPSA) is 221 Å². The van der Waals surface area contributed by atoms with E-state index in [4.69, 9.17) is 15.4 Å². The number of carboxylic acids is 3. The number of hydrogen-bond donors (Lipinski definition) is 3. The second kappa shape index (κ2) is 16.7. The van der Waals surface area contributed by atoms with Crippen molar-refractivity contribution < 1.29 is 136 Å². The Morgan fingerprint density at radius 1 is 0.957 bits per heavy atom. The summed E-state index contributed by atoms with van der Waals surface area (Å²) in [4.78, 5) is 30.0. The van der Waals surface area contributed by atoms with Crippen LogP contribution in [-0.4, -0.2) is 53.9 Å². The van der Waals surface area contributed by atoms with Crippen LogP contribution in [0.4, 0.5) is 0 Å². The van der Waals surface area contributed by atoms with E-state index in [-0.39, 0.29) is 101 Å². The van der Waals surface area contributed by atoms with Crippen LogP contribution in [0.15, 0.2) is 0 Å². The van der Waals surface area contributed by atoms with Gasteiger partial charge in [0.15, 0.2) is 0 Å². The number of hydrogen-bond acceptors (Lipinski definition) is 10. The largest absolute Gasteiger partial charge is 1.00 e. The molecule has 0 aromatic carbocycles. The van der Waals surface area contributed by atoms with Crippen LogP contribution in [0.1, 0.15) is 12.8 Å². The molecule has 0 unspecified atom stereocenters. The first-order chi connectivity index (χ1) is 8.84.